The van der Waals surface area contributed by atoms with E-state index in [-0.39, 0.29) is 24.1 Å². The van der Waals surface area contributed by atoms with Crippen LogP contribution in [0.4, 0.5) is 0 Å². The second kappa shape index (κ2) is 12.8. The summed E-state index contributed by atoms with van der Waals surface area (Å²) < 4.78 is 0. The number of carbonyl (C=O) groups excluding carboxylic acids is 2. The molecule has 9 heteroatoms. The Morgan fingerprint density at radius 2 is 1.71 bits per heavy atom. The van der Waals surface area contributed by atoms with Crippen LogP contribution in [-0.2, 0) is 21.9 Å². The normalized spacial score (nSPS) is 11.8. The lowest BCUT2D eigenvalue weighted by molar-refractivity contribution is -0.138. The van der Waals surface area contributed by atoms with Gasteiger partial charge >= 0.3 is 0 Å². The molecule has 2 aromatic carbocycles. The Bertz CT molecular complexity index is 906. The topological polar surface area (TPSA) is 49.4 Å². The smallest absolute Gasteiger partial charge is 0.242 e. The Morgan fingerprint density at radius 1 is 1.03 bits per heavy atom. The molecule has 0 aliphatic rings. The van der Waals surface area contributed by atoms with Crippen LogP contribution in [0, 0.1) is 0 Å². The summed E-state index contributed by atoms with van der Waals surface area (Å²) >= 11 is 25.9. The molecule has 4 nitrogen and oxygen atoms in total. The van der Waals surface area contributed by atoms with Gasteiger partial charge in [0.1, 0.15) is 6.04 Å². The summed E-state index contributed by atoms with van der Waals surface area (Å²) in [5.74, 6) is 0.294. The van der Waals surface area contributed by atoms with Crippen LogP contribution in [0.1, 0.15) is 31.4 Å². The minimum absolute atomic E-state index is 0.168. The van der Waals surface area contributed by atoms with Gasteiger partial charge in [-0.2, -0.15) is 0 Å². The van der Waals surface area contributed by atoms with Gasteiger partial charge in [-0.3, -0.25) is 9.59 Å². The van der Waals surface area contributed by atoms with E-state index < -0.39 is 6.04 Å². The van der Waals surface area contributed by atoms with Gasteiger partial charge in [0.2, 0.25) is 11.8 Å². The highest BCUT2D eigenvalue weighted by atomic mass is 35.5. The first kappa shape index (κ1) is 26.1. The van der Waals surface area contributed by atoms with E-state index in [0.717, 1.165) is 17.5 Å². The van der Waals surface area contributed by atoms with Gasteiger partial charge in [-0.15, -0.1) is 11.8 Å². The first-order valence-electron chi connectivity index (χ1n) is 9.76. The van der Waals surface area contributed by atoms with E-state index in [1.165, 1.54) is 11.8 Å². The van der Waals surface area contributed by atoms with Crippen LogP contribution in [0.15, 0.2) is 36.4 Å². The van der Waals surface area contributed by atoms with E-state index in [1.807, 2.05) is 6.92 Å². The van der Waals surface area contributed by atoms with E-state index in [9.17, 15) is 9.59 Å². The Balaban J connectivity index is 2.12. The van der Waals surface area contributed by atoms with Crippen molar-refractivity contribution < 1.29 is 9.59 Å². The van der Waals surface area contributed by atoms with Gasteiger partial charge in [0.15, 0.2) is 0 Å². The number of hydrogen-bond acceptors (Lipinski definition) is 3. The first-order chi connectivity index (χ1) is 14.7. The number of nitrogens with one attached hydrogen (secondary N) is 1. The van der Waals surface area contributed by atoms with Gasteiger partial charge < -0.3 is 10.2 Å². The maximum atomic E-state index is 13.1. The lowest BCUT2D eigenvalue weighted by Crippen LogP contribution is -2.48. The number of halogens is 4. The molecule has 2 amide bonds. The molecule has 0 saturated heterocycles. The third-order valence-electron chi connectivity index (χ3n) is 4.59. The van der Waals surface area contributed by atoms with Gasteiger partial charge in [0.25, 0.3) is 0 Å². The first-order valence-corrected chi connectivity index (χ1v) is 12.4. The molecule has 0 bridgehead atoms. The van der Waals surface area contributed by atoms with Crippen molar-refractivity contribution in [3.63, 3.8) is 0 Å². The number of nitrogens with zero attached hydrogens (tertiary/aromatic N) is 1. The molecule has 0 aliphatic heterocycles. The molecule has 0 aliphatic carbocycles. The molecule has 0 radical (unpaired) electrons. The molecule has 2 aromatic rings. The Morgan fingerprint density at radius 3 is 2.32 bits per heavy atom. The number of benzene rings is 2. The van der Waals surface area contributed by atoms with Crippen molar-refractivity contribution in [2.24, 2.45) is 0 Å². The molecule has 1 unspecified atom stereocenters. The van der Waals surface area contributed by atoms with Crippen molar-refractivity contribution in [1.29, 1.82) is 0 Å². The zero-order chi connectivity index (χ0) is 23.0. The maximum Gasteiger partial charge on any atom is 0.242 e. The van der Waals surface area contributed by atoms with Crippen molar-refractivity contribution in [2.45, 2.75) is 38.6 Å². The van der Waals surface area contributed by atoms with E-state index in [4.69, 9.17) is 46.4 Å². The Labute approximate surface area is 207 Å². The number of carbonyl (C=O) groups is 2. The Hall–Kier alpha value is -1.11. The standard InChI is InChI=1S/C22H24Cl4N2O2S/c1-3-9-27-22(30)14(2)28(11-15-7-8-19(25)20(26)10-15)21(29)13-31-12-16-17(23)5-4-6-18(16)24/h4-8,10,14H,3,9,11-13H2,1-2H3,(H,27,30). The summed E-state index contributed by atoms with van der Waals surface area (Å²) in [4.78, 5) is 27.2. The quantitative estimate of drug-likeness (QED) is 0.389. The van der Waals surface area contributed by atoms with Crippen LogP contribution in [0.2, 0.25) is 20.1 Å². The summed E-state index contributed by atoms with van der Waals surface area (Å²) in [6.45, 7) is 4.48. The fourth-order valence-electron chi connectivity index (χ4n) is 2.81. The van der Waals surface area contributed by atoms with E-state index in [1.54, 1.807) is 48.2 Å². The molecule has 31 heavy (non-hydrogen) atoms. The fourth-order valence-corrected chi connectivity index (χ4v) is 4.77. The molecule has 1 atom stereocenters. The summed E-state index contributed by atoms with van der Waals surface area (Å²) in [6.07, 6.45) is 0.813. The van der Waals surface area contributed by atoms with E-state index in [2.05, 4.69) is 5.32 Å². The number of hydrogen-bond donors (Lipinski definition) is 1. The predicted molar refractivity (Wildman–Crippen MR) is 132 cm³/mol. The SMILES string of the molecule is CCCNC(=O)C(C)N(Cc1ccc(Cl)c(Cl)c1)C(=O)CSCc1c(Cl)cccc1Cl. The zero-order valence-electron chi connectivity index (χ0n) is 17.3. The summed E-state index contributed by atoms with van der Waals surface area (Å²) in [5, 5.41) is 4.81. The summed E-state index contributed by atoms with van der Waals surface area (Å²) in [6, 6.07) is 9.85. The molecule has 1 N–H and O–H groups in total. The second-order valence-electron chi connectivity index (χ2n) is 6.93. The second-order valence-corrected chi connectivity index (χ2v) is 9.54. The third-order valence-corrected chi connectivity index (χ3v) is 6.98. The molecular weight excluding hydrogens is 498 g/mol. The monoisotopic (exact) mass is 520 g/mol. The van der Waals surface area contributed by atoms with Gasteiger partial charge in [-0.05, 0) is 48.7 Å². The average Bonchev–Trinajstić information content (AvgIpc) is 2.74. The van der Waals surface area contributed by atoms with Crippen LogP contribution in [-0.4, -0.2) is 35.1 Å². The van der Waals surface area contributed by atoms with Gasteiger partial charge in [0, 0.05) is 28.9 Å². The average molecular weight is 522 g/mol. The lowest BCUT2D eigenvalue weighted by Gasteiger charge is -2.29. The van der Waals surface area contributed by atoms with Crippen LogP contribution < -0.4 is 5.32 Å². The molecule has 168 valence electrons. The van der Waals surface area contributed by atoms with Gasteiger partial charge in [0.05, 0.1) is 15.8 Å². The van der Waals surface area contributed by atoms with E-state index >= 15 is 0 Å². The summed E-state index contributed by atoms with van der Waals surface area (Å²) in [7, 11) is 0. The summed E-state index contributed by atoms with van der Waals surface area (Å²) in [5.41, 5.74) is 1.57. The Kier molecular flexibility index (Phi) is 10.8. The molecule has 0 spiro atoms. The molecule has 0 aromatic heterocycles. The minimum Gasteiger partial charge on any atom is -0.354 e. The van der Waals surface area contributed by atoms with Gasteiger partial charge in [-0.1, -0.05) is 65.5 Å². The molecule has 0 saturated carbocycles. The van der Waals surface area contributed by atoms with Gasteiger partial charge in [-0.25, -0.2) is 0 Å². The van der Waals surface area contributed by atoms with Crippen LogP contribution in [0.25, 0.3) is 0 Å². The zero-order valence-corrected chi connectivity index (χ0v) is 21.1. The van der Waals surface area contributed by atoms with Crippen molar-refractivity contribution in [3.05, 3.63) is 67.6 Å². The maximum absolute atomic E-state index is 13.1. The molecule has 0 fully saturated rings. The van der Waals surface area contributed by atoms with Crippen LogP contribution in [0.3, 0.4) is 0 Å². The number of rotatable bonds is 10. The highest BCUT2D eigenvalue weighted by molar-refractivity contribution is 7.99. The largest absolute Gasteiger partial charge is 0.354 e. The number of amides is 2. The van der Waals surface area contributed by atoms with Crippen LogP contribution >= 0.6 is 58.2 Å². The third kappa shape index (κ3) is 7.76. The molecular formula is C22H24Cl4N2O2S. The van der Waals surface area contributed by atoms with Crippen molar-refractivity contribution in [3.8, 4) is 0 Å². The molecule has 2 rings (SSSR count). The molecule has 0 heterocycles. The van der Waals surface area contributed by atoms with Crippen molar-refractivity contribution >= 4 is 70.0 Å². The van der Waals surface area contributed by atoms with Crippen molar-refractivity contribution in [2.75, 3.05) is 12.3 Å². The van der Waals surface area contributed by atoms with Crippen molar-refractivity contribution in [1.82, 2.24) is 10.2 Å². The minimum atomic E-state index is -0.641. The lowest BCUT2D eigenvalue weighted by atomic mass is 10.1. The number of thioether (sulfide) groups is 1. The highest BCUT2D eigenvalue weighted by Crippen LogP contribution is 2.29. The highest BCUT2D eigenvalue weighted by Gasteiger charge is 2.26. The fraction of sp³-hybridized carbons (Fsp3) is 0.364. The predicted octanol–water partition coefficient (Wildman–Crippen LogP) is 6.48. The van der Waals surface area contributed by atoms with Crippen LogP contribution in [0.5, 0.6) is 0 Å². The van der Waals surface area contributed by atoms with E-state index in [0.29, 0.717) is 32.4 Å².